The van der Waals surface area contributed by atoms with Crippen LogP contribution in [-0.4, -0.2) is 36.5 Å². The van der Waals surface area contributed by atoms with E-state index in [0.717, 1.165) is 12.8 Å². The molecular weight excluding hydrogens is 258 g/mol. The van der Waals surface area contributed by atoms with E-state index in [-0.39, 0.29) is 17.8 Å². The van der Waals surface area contributed by atoms with Gasteiger partial charge in [-0.1, -0.05) is 0 Å². The second-order valence-electron chi connectivity index (χ2n) is 4.72. The number of carbonyl (C=O) groups is 2. The molecule has 0 aliphatic carbocycles. The van der Waals surface area contributed by atoms with E-state index in [4.69, 9.17) is 9.15 Å². The predicted molar refractivity (Wildman–Crippen MR) is 73.7 cm³/mol. The van der Waals surface area contributed by atoms with Crippen LogP contribution in [0.15, 0.2) is 28.9 Å². The molecule has 1 fully saturated rings. The molecule has 2 rings (SSSR count). The fourth-order valence-electron chi connectivity index (χ4n) is 2.27. The van der Waals surface area contributed by atoms with Crippen LogP contribution in [0.3, 0.4) is 0 Å². The number of piperidine rings is 1. The van der Waals surface area contributed by atoms with Crippen molar-refractivity contribution in [3.05, 3.63) is 30.2 Å². The maximum Gasteiger partial charge on any atom is 0.310 e. The molecule has 0 N–H and O–H groups in total. The summed E-state index contributed by atoms with van der Waals surface area (Å²) in [5.41, 5.74) is 0. The van der Waals surface area contributed by atoms with Crippen molar-refractivity contribution in [3.63, 3.8) is 0 Å². The van der Waals surface area contributed by atoms with Crippen molar-refractivity contribution < 1.29 is 18.7 Å². The van der Waals surface area contributed by atoms with Crippen LogP contribution in [0.2, 0.25) is 0 Å². The van der Waals surface area contributed by atoms with Gasteiger partial charge < -0.3 is 14.1 Å². The third-order valence-corrected chi connectivity index (χ3v) is 3.29. The first-order chi connectivity index (χ1) is 9.70. The van der Waals surface area contributed by atoms with Gasteiger partial charge in [-0.05, 0) is 38.0 Å². The van der Waals surface area contributed by atoms with Crippen LogP contribution in [-0.2, 0) is 14.3 Å². The summed E-state index contributed by atoms with van der Waals surface area (Å²) in [5, 5.41) is 0. The van der Waals surface area contributed by atoms with Crippen LogP contribution in [0, 0.1) is 5.92 Å². The van der Waals surface area contributed by atoms with Crippen molar-refractivity contribution in [1.82, 2.24) is 4.90 Å². The number of nitrogens with zero attached hydrogens (tertiary/aromatic N) is 1. The Balaban J connectivity index is 1.91. The lowest BCUT2D eigenvalue weighted by Gasteiger charge is -2.30. The molecule has 1 aliphatic rings. The van der Waals surface area contributed by atoms with E-state index in [0.29, 0.717) is 25.5 Å². The van der Waals surface area contributed by atoms with Crippen molar-refractivity contribution in [2.75, 3.05) is 19.7 Å². The third kappa shape index (κ3) is 3.73. The summed E-state index contributed by atoms with van der Waals surface area (Å²) in [6.07, 6.45) is 6.28. The van der Waals surface area contributed by atoms with Gasteiger partial charge in [0.2, 0.25) is 5.91 Å². The Morgan fingerprint density at radius 1 is 1.55 bits per heavy atom. The molecule has 0 radical (unpaired) electrons. The van der Waals surface area contributed by atoms with Gasteiger partial charge >= 0.3 is 5.97 Å². The number of amides is 1. The first-order valence-electron chi connectivity index (χ1n) is 6.88. The second-order valence-corrected chi connectivity index (χ2v) is 4.72. The Morgan fingerprint density at radius 3 is 3.10 bits per heavy atom. The first-order valence-corrected chi connectivity index (χ1v) is 6.88. The van der Waals surface area contributed by atoms with Gasteiger partial charge in [-0.25, -0.2) is 0 Å². The molecule has 1 amide bonds. The van der Waals surface area contributed by atoms with Crippen LogP contribution in [0.1, 0.15) is 25.5 Å². The van der Waals surface area contributed by atoms with Crippen LogP contribution in [0.25, 0.3) is 6.08 Å². The van der Waals surface area contributed by atoms with E-state index in [9.17, 15) is 9.59 Å². The molecule has 20 heavy (non-hydrogen) atoms. The van der Waals surface area contributed by atoms with Crippen molar-refractivity contribution in [2.24, 2.45) is 5.92 Å². The molecule has 0 aromatic carbocycles. The molecule has 0 spiro atoms. The highest BCUT2D eigenvalue weighted by Crippen LogP contribution is 2.18. The second kappa shape index (κ2) is 6.93. The SMILES string of the molecule is CCOC(=O)[C@@H]1CCCN(C(=O)/C=C/c2ccco2)C1. The summed E-state index contributed by atoms with van der Waals surface area (Å²) in [5.74, 6) is 0.123. The number of likely N-dealkylation sites (tertiary alicyclic amines) is 1. The molecule has 0 bridgehead atoms. The number of furan rings is 1. The van der Waals surface area contributed by atoms with Gasteiger partial charge in [-0.2, -0.15) is 0 Å². The third-order valence-electron chi connectivity index (χ3n) is 3.29. The quantitative estimate of drug-likeness (QED) is 0.624. The fraction of sp³-hybridized carbons (Fsp3) is 0.467. The fourth-order valence-corrected chi connectivity index (χ4v) is 2.27. The standard InChI is InChI=1S/C15H19NO4/c1-2-19-15(18)12-5-3-9-16(11-12)14(17)8-7-13-6-4-10-20-13/h4,6-8,10,12H,2-3,5,9,11H2,1H3/b8-7+/t12-/m1/s1. The zero-order valence-electron chi connectivity index (χ0n) is 11.6. The van der Waals surface area contributed by atoms with Gasteiger partial charge in [0, 0.05) is 19.2 Å². The summed E-state index contributed by atoms with van der Waals surface area (Å²) in [4.78, 5) is 25.5. The maximum atomic E-state index is 12.1. The van der Waals surface area contributed by atoms with E-state index in [1.54, 1.807) is 36.3 Å². The summed E-state index contributed by atoms with van der Waals surface area (Å²) in [6.45, 7) is 3.27. The number of carbonyl (C=O) groups excluding carboxylic acids is 2. The Morgan fingerprint density at radius 2 is 2.40 bits per heavy atom. The molecule has 5 nitrogen and oxygen atoms in total. The van der Waals surface area contributed by atoms with E-state index < -0.39 is 0 Å². The maximum absolute atomic E-state index is 12.1. The van der Waals surface area contributed by atoms with E-state index in [1.165, 1.54) is 6.08 Å². The lowest BCUT2D eigenvalue weighted by atomic mass is 9.98. The van der Waals surface area contributed by atoms with Crippen LogP contribution >= 0.6 is 0 Å². The lowest BCUT2D eigenvalue weighted by Crippen LogP contribution is -2.42. The number of ether oxygens (including phenoxy) is 1. The van der Waals surface area contributed by atoms with Gasteiger partial charge in [-0.3, -0.25) is 9.59 Å². The molecule has 2 heterocycles. The molecule has 1 aromatic rings. The minimum absolute atomic E-state index is 0.101. The first kappa shape index (κ1) is 14.4. The van der Waals surface area contributed by atoms with Crippen molar-refractivity contribution in [3.8, 4) is 0 Å². The van der Waals surface area contributed by atoms with Crippen molar-refractivity contribution >= 4 is 18.0 Å². The smallest absolute Gasteiger partial charge is 0.310 e. The minimum atomic E-state index is -0.208. The highest BCUT2D eigenvalue weighted by atomic mass is 16.5. The van der Waals surface area contributed by atoms with Gasteiger partial charge in [0.25, 0.3) is 0 Å². The van der Waals surface area contributed by atoms with Gasteiger partial charge in [-0.15, -0.1) is 0 Å². The topological polar surface area (TPSA) is 59.8 Å². The summed E-state index contributed by atoms with van der Waals surface area (Å²) < 4.78 is 10.1. The van der Waals surface area contributed by atoms with Crippen LogP contribution in [0.5, 0.6) is 0 Å². The molecule has 0 unspecified atom stereocenters. The molecule has 1 aliphatic heterocycles. The van der Waals surface area contributed by atoms with Gasteiger partial charge in [0.05, 0.1) is 18.8 Å². The van der Waals surface area contributed by atoms with Gasteiger partial charge in [0.1, 0.15) is 5.76 Å². The zero-order valence-corrected chi connectivity index (χ0v) is 11.6. The van der Waals surface area contributed by atoms with Crippen molar-refractivity contribution in [1.29, 1.82) is 0 Å². The predicted octanol–water partition coefficient (Wildman–Crippen LogP) is 2.09. The van der Waals surface area contributed by atoms with Crippen LogP contribution in [0.4, 0.5) is 0 Å². The molecule has 1 atom stereocenters. The van der Waals surface area contributed by atoms with E-state index in [2.05, 4.69) is 0 Å². The van der Waals surface area contributed by atoms with Crippen LogP contribution < -0.4 is 0 Å². The number of hydrogen-bond donors (Lipinski definition) is 0. The number of esters is 1. The molecule has 108 valence electrons. The average Bonchev–Trinajstić information content (AvgIpc) is 2.98. The lowest BCUT2D eigenvalue weighted by molar-refractivity contribution is -0.150. The van der Waals surface area contributed by atoms with E-state index >= 15 is 0 Å². The highest BCUT2D eigenvalue weighted by Gasteiger charge is 2.28. The Labute approximate surface area is 118 Å². The number of rotatable bonds is 4. The largest absolute Gasteiger partial charge is 0.466 e. The van der Waals surface area contributed by atoms with Crippen molar-refractivity contribution in [2.45, 2.75) is 19.8 Å². The summed E-state index contributed by atoms with van der Waals surface area (Å²) in [7, 11) is 0. The molecule has 1 saturated heterocycles. The monoisotopic (exact) mass is 277 g/mol. The molecule has 0 saturated carbocycles. The molecule has 1 aromatic heterocycles. The van der Waals surface area contributed by atoms with Gasteiger partial charge in [0.15, 0.2) is 0 Å². The van der Waals surface area contributed by atoms with E-state index in [1.807, 2.05) is 0 Å². The highest BCUT2D eigenvalue weighted by molar-refractivity contribution is 5.91. The number of hydrogen-bond acceptors (Lipinski definition) is 4. The molecule has 5 heteroatoms. The average molecular weight is 277 g/mol. The Bertz CT molecular complexity index is 478. The zero-order chi connectivity index (χ0) is 14.4. The Kier molecular flexibility index (Phi) is 4.98. The summed E-state index contributed by atoms with van der Waals surface area (Å²) >= 11 is 0. The summed E-state index contributed by atoms with van der Waals surface area (Å²) in [6, 6.07) is 3.54. The normalized spacial score (nSPS) is 19.2. The Hall–Kier alpha value is -2.04. The molecular formula is C15H19NO4. The minimum Gasteiger partial charge on any atom is -0.466 e.